The number of hydrogen-bond donors (Lipinski definition) is 1. The van der Waals surface area contributed by atoms with Crippen molar-refractivity contribution in [1.82, 2.24) is 14.8 Å². The van der Waals surface area contributed by atoms with Gasteiger partial charge in [0.05, 0.1) is 14.2 Å². The molecule has 1 N–H and O–H groups in total. The van der Waals surface area contributed by atoms with Crippen LogP contribution in [-0.2, 0) is 32.5 Å². The molecule has 0 saturated carbocycles. The number of amides is 1. The Bertz CT molecular complexity index is 1230. The molecule has 0 bridgehead atoms. The first-order valence-corrected chi connectivity index (χ1v) is 12.0. The second-order valence-electron chi connectivity index (χ2n) is 8.75. The second-order valence-corrected chi connectivity index (χ2v) is 8.75. The number of pyridine rings is 1. The molecular formula is C28H33N3O4. The number of hydrogen-bond acceptors (Lipinski definition) is 5. The van der Waals surface area contributed by atoms with Crippen molar-refractivity contribution in [1.29, 1.82) is 0 Å². The van der Waals surface area contributed by atoms with Crippen molar-refractivity contribution in [3.05, 3.63) is 92.9 Å². The van der Waals surface area contributed by atoms with Crippen molar-refractivity contribution in [3.8, 4) is 11.5 Å². The molecule has 1 amide bonds. The minimum atomic E-state index is -0.253. The van der Waals surface area contributed by atoms with Crippen LogP contribution in [0.2, 0.25) is 0 Å². The van der Waals surface area contributed by atoms with E-state index in [0.29, 0.717) is 30.8 Å². The molecule has 184 valence electrons. The predicted octanol–water partition coefficient (Wildman–Crippen LogP) is 3.42. The van der Waals surface area contributed by atoms with E-state index in [0.717, 1.165) is 43.1 Å². The maximum atomic E-state index is 13.3. The smallest absolute Gasteiger partial charge is 0.257 e. The summed E-state index contributed by atoms with van der Waals surface area (Å²) >= 11 is 0. The summed E-state index contributed by atoms with van der Waals surface area (Å²) in [5.41, 5.74) is 4.51. The average Bonchev–Trinajstić information content (AvgIpc) is 3.10. The number of methoxy groups -OCH3 is 2. The number of carbonyl (C=O) groups excluding carboxylic acids is 1. The number of rotatable bonds is 8. The number of ether oxygens (including phenoxy) is 2. The van der Waals surface area contributed by atoms with E-state index in [1.807, 2.05) is 24.3 Å². The van der Waals surface area contributed by atoms with Gasteiger partial charge in [0.1, 0.15) is 17.1 Å². The first-order valence-electron chi connectivity index (χ1n) is 12.0. The number of fused-ring (bicyclic) bond motifs is 1. The van der Waals surface area contributed by atoms with E-state index >= 15 is 0 Å². The molecular weight excluding hydrogens is 442 g/mol. The molecule has 0 aliphatic carbocycles. The highest BCUT2D eigenvalue weighted by molar-refractivity contribution is 5.98. The SMILES string of the molecule is CCc1ccc(CN2CCc3c(C(=O)NCc4cccc(OC)c4)c(OC)cc(=O)n3CC2)cc1. The first-order chi connectivity index (χ1) is 17.0. The van der Waals surface area contributed by atoms with Crippen LogP contribution in [0.1, 0.15) is 39.7 Å². The van der Waals surface area contributed by atoms with E-state index in [-0.39, 0.29) is 11.5 Å². The molecule has 1 aromatic heterocycles. The number of nitrogens with zero attached hydrogens (tertiary/aromatic N) is 2. The summed E-state index contributed by atoms with van der Waals surface area (Å²) in [5, 5.41) is 2.99. The van der Waals surface area contributed by atoms with Crippen molar-refractivity contribution in [2.45, 2.75) is 39.4 Å². The van der Waals surface area contributed by atoms with Crippen molar-refractivity contribution < 1.29 is 14.3 Å². The molecule has 0 spiro atoms. The fourth-order valence-corrected chi connectivity index (χ4v) is 4.55. The van der Waals surface area contributed by atoms with Crippen LogP contribution in [0.5, 0.6) is 11.5 Å². The van der Waals surface area contributed by atoms with Crippen molar-refractivity contribution >= 4 is 5.91 Å². The molecule has 35 heavy (non-hydrogen) atoms. The Morgan fingerprint density at radius 1 is 0.943 bits per heavy atom. The monoisotopic (exact) mass is 475 g/mol. The van der Waals surface area contributed by atoms with Gasteiger partial charge >= 0.3 is 0 Å². The summed E-state index contributed by atoms with van der Waals surface area (Å²) in [6.45, 7) is 5.32. The van der Waals surface area contributed by atoms with Crippen LogP contribution in [0.3, 0.4) is 0 Å². The highest BCUT2D eigenvalue weighted by atomic mass is 16.5. The van der Waals surface area contributed by atoms with Gasteiger partial charge in [0, 0.05) is 50.9 Å². The van der Waals surface area contributed by atoms with Gasteiger partial charge in [0.2, 0.25) is 0 Å². The minimum absolute atomic E-state index is 0.143. The van der Waals surface area contributed by atoms with E-state index in [4.69, 9.17) is 9.47 Å². The lowest BCUT2D eigenvalue weighted by Crippen LogP contribution is -2.31. The molecule has 0 radical (unpaired) electrons. The molecule has 1 aliphatic heterocycles. The summed E-state index contributed by atoms with van der Waals surface area (Å²) in [6.07, 6.45) is 1.61. The lowest BCUT2D eigenvalue weighted by Gasteiger charge is -2.19. The predicted molar refractivity (Wildman–Crippen MR) is 136 cm³/mol. The highest BCUT2D eigenvalue weighted by Crippen LogP contribution is 2.24. The lowest BCUT2D eigenvalue weighted by molar-refractivity contribution is 0.0945. The molecule has 3 aromatic rings. The molecule has 1 aliphatic rings. The van der Waals surface area contributed by atoms with Crippen LogP contribution in [-0.4, -0.2) is 42.7 Å². The summed E-state index contributed by atoms with van der Waals surface area (Å²) in [7, 11) is 3.11. The summed E-state index contributed by atoms with van der Waals surface area (Å²) in [4.78, 5) is 28.5. The molecule has 2 heterocycles. The molecule has 0 saturated heterocycles. The van der Waals surface area contributed by atoms with Crippen LogP contribution in [0.15, 0.2) is 59.4 Å². The zero-order valence-corrected chi connectivity index (χ0v) is 20.7. The third-order valence-electron chi connectivity index (χ3n) is 6.56. The van der Waals surface area contributed by atoms with Gasteiger partial charge in [0.15, 0.2) is 0 Å². The lowest BCUT2D eigenvalue weighted by atomic mass is 10.1. The Kier molecular flexibility index (Phi) is 7.87. The van der Waals surface area contributed by atoms with Crippen molar-refractivity contribution in [3.63, 3.8) is 0 Å². The maximum absolute atomic E-state index is 13.3. The standard InChI is InChI=1S/C28H33N3O4/c1-4-20-8-10-21(11-9-20)19-30-13-12-24-27(25(35-3)17-26(32)31(24)15-14-30)28(33)29-18-22-6-5-7-23(16-22)34-2/h5-11,16-17H,4,12-15,18-19H2,1-3H3,(H,29,33). The van der Waals surface area contributed by atoms with E-state index < -0.39 is 0 Å². The quantitative estimate of drug-likeness (QED) is 0.541. The molecule has 4 rings (SSSR count). The molecule has 0 atom stereocenters. The van der Waals surface area contributed by atoms with E-state index in [1.54, 1.807) is 11.7 Å². The zero-order chi connectivity index (χ0) is 24.8. The third-order valence-corrected chi connectivity index (χ3v) is 6.56. The molecule has 0 fully saturated rings. The van der Waals surface area contributed by atoms with E-state index in [1.165, 1.54) is 24.3 Å². The largest absolute Gasteiger partial charge is 0.497 e. The highest BCUT2D eigenvalue weighted by Gasteiger charge is 2.25. The van der Waals surface area contributed by atoms with Gasteiger partial charge in [-0.1, -0.05) is 43.3 Å². The minimum Gasteiger partial charge on any atom is -0.497 e. The molecule has 7 nitrogen and oxygen atoms in total. The Morgan fingerprint density at radius 3 is 2.43 bits per heavy atom. The van der Waals surface area contributed by atoms with E-state index in [2.05, 4.69) is 41.4 Å². The van der Waals surface area contributed by atoms with Gasteiger partial charge in [-0.15, -0.1) is 0 Å². The first kappa shape index (κ1) is 24.5. The molecule has 2 aromatic carbocycles. The second kappa shape index (κ2) is 11.2. The summed E-state index contributed by atoms with van der Waals surface area (Å²) in [6, 6.07) is 17.7. The van der Waals surface area contributed by atoms with Gasteiger partial charge in [-0.25, -0.2) is 0 Å². The Balaban J connectivity index is 1.54. The van der Waals surface area contributed by atoms with E-state index in [9.17, 15) is 9.59 Å². The fraction of sp³-hybridized carbons (Fsp3) is 0.357. The fourth-order valence-electron chi connectivity index (χ4n) is 4.55. The maximum Gasteiger partial charge on any atom is 0.257 e. The number of aryl methyl sites for hydroxylation is 1. The Morgan fingerprint density at radius 2 is 1.71 bits per heavy atom. The van der Waals surface area contributed by atoms with Crippen LogP contribution >= 0.6 is 0 Å². The number of aromatic nitrogens is 1. The number of nitrogens with one attached hydrogen (secondary N) is 1. The van der Waals surface area contributed by atoms with Crippen LogP contribution in [0, 0.1) is 0 Å². The Labute approximate surface area is 206 Å². The summed E-state index contributed by atoms with van der Waals surface area (Å²) in [5.74, 6) is 0.795. The van der Waals surface area contributed by atoms with Crippen molar-refractivity contribution in [2.24, 2.45) is 0 Å². The van der Waals surface area contributed by atoms with Crippen LogP contribution in [0.4, 0.5) is 0 Å². The van der Waals surface area contributed by atoms with Crippen LogP contribution < -0.4 is 20.3 Å². The van der Waals surface area contributed by atoms with Gasteiger partial charge in [-0.2, -0.15) is 0 Å². The summed E-state index contributed by atoms with van der Waals surface area (Å²) < 4.78 is 12.5. The van der Waals surface area contributed by atoms with Gasteiger partial charge < -0.3 is 19.4 Å². The van der Waals surface area contributed by atoms with Gasteiger partial charge in [-0.3, -0.25) is 14.5 Å². The van der Waals surface area contributed by atoms with Crippen LogP contribution in [0.25, 0.3) is 0 Å². The van der Waals surface area contributed by atoms with Gasteiger partial charge in [-0.05, 0) is 35.2 Å². The topological polar surface area (TPSA) is 72.8 Å². The molecule has 7 heteroatoms. The Hall–Kier alpha value is -3.58. The number of benzene rings is 2. The van der Waals surface area contributed by atoms with Gasteiger partial charge in [0.25, 0.3) is 11.5 Å². The normalized spacial score (nSPS) is 13.6. The average molecular weight is 476 g/mol. The van der Waals surface area contributed by atoms with Crippen molar-refractivity contribution in [2.75, 3.05) is 27.3 Å². The number of carbonyl (C=O) groups is 1. The zero-order valence-electron chi connectivity index (χ0n) is 20.7. The third kappa shape index (κ3) is 5.74. The molecule has 0 unspecified atom stereocenters.